The van der Waals surface area contributed by atoms with E-state index in [1.807, 2.05) is 5.38 Å². The van der Waals surface area contributed by atoms with Gasteiger partial charge in [-0.15, -0.1) is 11.3 Å². The van der Waals surface area contributed by atoms with Gasteiger partial charge in [0.25, 0.3) is 0 Å². The number of thiazole rings is 1. The van der Waals surface area contributed by atoms with Crippen LogP contribution in [0.5, 0.6) is 0 Å². The molecule has 0 unspecified atom stereocenters. The second-order valence-electron chi connectivity index (χ2n) is 4.13. The molecule has 1 amide bonds. The highest BCUT2D eigenvalue weighted by Gasteiger charge is 2.34. The fourth-order valence-electron chi connectivity index (χ4n) is 2.06. The van der Waals surface area contributed by atoms with Gasteiger partial charge in [0.1, 0.15) is 5.82 Å². The van der Waals surface area contributed by atoms with Gasteiger partial charge in [-0.1, -0.05) is 23.9 Å². The molecule has 1 atom stereocenters. The quantitative estimate of drug-likeness (QED) is 0.871. The number of rotatable bonds is 3. The third kappa shape index (κ3) is 2.50. The van der Waals surface area contributed by atoms with Crippen LogP contribution in [0.2, 0.25) is 0 Å². The number of amides is 1. The number of nitrogens with zero attached hydrogens (tertiary/aromatic N) is 2. The van der Waals surface area contributed by atoms with E-state index in [2.05, 4.69) is 4.98 Å². The number of carbonyl (C=O) groups excluding carboxylic acids is 1. The smallest absolute Gasteiger partial charge is 0.240 e. The predicted octanol–water partition coefficient (Wildman–Crippen LogP) is 3.18. The lowest BCUT2D eigenvalue weighted by atomic mass is 10.3. The Hall–Kier alpha value is -1.40. The Bertz CT molecular complexity index is 588. The molecule has 1 fully saturated rings. The maximum Gasteiger partial charge on any atom is 0.240 e. The Morgan fingerprint density at radius 2 is 2.26 bits per heavy atom. The maximum atomic E-state index is 13.7. The Morgan fingerprint density at radius 1 is 1.42 bits per heavy atom. The molecule has 3 nitrogen and oxygen atoms in total. The minimum atomic E-state index is -0.351. The Morgan fingerprint density at radius 3 is 3.00 bits per heavy atom. The summed E-state index contributed by atoms with van der Waals surface area (Å²) in [6.07, 6.45) is 2.44. The topological polar surface area (TPSA) is 33.2 Å². The largest absolute Gasteiger partial charge is 0.309 e. The lowest BCUT2D eigenvalue weighted by Crippen LogP contribution is -2.28. The van der Waals surface area contributed by atoms with Crippen molar-refractivity contribution in [3.8, 4) is 0 Å². The van der Waals surface area contributed by atoms with E-state index >= 15 is 0 Å². The standard InChI is InChI=1S/C13H11FN2OS2/c14-9-3-1-2-4-10(9)16-7-5-11(12(16)17)19-13-15-6-8-18-13/h1-4,6,8,11H,5,7H2/t11-/m1/s1. The van der Waals surface area contributed by atoms with Gasteiger partial charge in [-0.05, 0) is 18.6 Å². The predicted molar refractivity (Wildman–Crippen MR) is 75.1 cm³/mol. The molecule has 0 radical (unpaired) electrons. The van der Waals surface area contributed by atoms with Gasteiger partial charge in [0.05, 0.1) is 10.9 Å². The molecule has 1 aromatic heterocycles. The van der Waals surface area contributed by atoms with Crippen molar-refractivity contribution in [2.45, 2.75) is 16.0 Å². The fourth-order valence-corrected chi connectivity index (χ4v) is 3.98. The number of para-hydroxylation sites is 1. The van der Waals surface area contributed by atoms with Gasteiger partial charge in [-0.2, -0.15) is 0 Å². The first-order chi connectivity index (χ1) is 9.25. The third-order valence-corrected chi connectivity index (χ3v) is 5.12. The molecule has 3 rings (SSSR count). The molecule has 2 aromatic rings. The SMILES string of the molecule is O=C1[C@H](Sc2nccs2)CCN1c1ccccc1F. The molecule has 98 valence electrons. The van der Waals surface area contributed by atoms with Crippen LogP contribution in [0.4, 0.5) is 10.1 Å². The molecule has 0 bridgehead atoms. The summed E-state index contributed by atoms with van der Waals surface area (Å²) in [6, 6.07) is 6.39. The molecule has 0 saturated carbocycles. The maximum absolute atomic E-state index is 13.7. The van der Waals surface area contributed by atoms with E-state index in [9.17, 15) is 9.18 Å². The van der Waals surface area contributed by atoms with Crippen LogP contribution >= 0.6 is 23.1 Å². The zero-order valence-corrected chi connectivity index (χ0v) is 11.6. The van der Waals surface area contributed by atoms with Crippen LogP contribution in [-0.2, 0) is 4.79 Å². The van der Waals surface area contributed by atoms with Gasteiger partial charge in [-0.25, -0.2) is 9.37 Å². The van der Waals surface area contributed by atoms with Gasteiger partial charge in [0, 0.05) is 18.1 Å². The number of halogens is 1. The van der Waals surface area contributed by atoms with Crippen molar-refractivity contribution in [2.24, 2.45) is 0 Å². The first-order valence-corrected chi connectivity index (χ1v) is 7.63. The highest BCUT2D eigenvalue weighted by atomic mass is 32.2. The average molecular weight is 294 g/mol. The fraction of sp³-hybridized carbons (Fsp3) is 0.231. The van der Waals surface area contributed by atoms with Crippen LogP contribution in [0.1, 0.15) is 6.42 Å². The molecule has 0 spiro atoms. The van der Waals surface area contributed by atoms with Crippen molar-refractivity contribution in [1.82, 2.24) is 4.98 Å². The van der Waals surface area contributed by atoms with Gasteiger partial charge >= 0.3 is 0 Å². The minimum Gasteiger partial charge on any atom is -0.309 e. The van der Waals surface area contributed by atoms with Crippen molar-refractivity contribution in [3.05, 3.63) is 41.7 Å². The number of aromatic nitrogens is 1. The molecule has 0 aliphatic carbocycles. The van der Waals surface area contributed by atoms with Gasteiger partial charge in [0.15, 0.2) is 4.34 Å². The van der Waals surface area contributed by atoms with E-state index in [1.54, 1.807) is 24.4 Å². The lowest BCUT2D eigenvalue weighted by Gasteiger charge is -2.16. The molecular formula is C13H11FN2OS2. The Labute approximate surface area is 118 Å². The number of benzene rings is 1. The first-order valence-electron chi connectivity index (χ1n) is 5.88. The average Bonchev–Trinajstić information content (AvgIpc) is 3.03. The number of carbonyl (C=O) groups is 1. The molecule has 1 aliphatic heterocycles. The number of anilines is 1. The van der Waals surface area contributed by atoms with Crippen LogP contribution in [0.3, 0.4) is 0 Å². The summed E-state index contributed by atoms with van der Waals surface area (Å²) < 4.78 is 14.6. The summed E-state index contributed by atoms with van der Waals surface area (Å²) in [6.45, 7) is 0.558. The highest BCUT2D eigenvalue weighted by molar-refractivity contribution is 8.02. The number of hydrogen-bond acceptors (Lipinski definition) is 4. The van der Waals surface area contributed by atoms with Crippen molar-refractivity contribution >= 4 is 34.7 Å². The number of thioether (sulfide) groups is 1. The molecule has 1 aromatic carbocycles. The summed E-state index contributed by atoms with van der Waals surface area (Å²) in [5, 5.41) is 1.72. The van der Waals surface area contributed by atoms with Crippen molar-refractivity contribution in [1.29, 1.82) is 0 Å². The summed E-state index contributed by atoms with van der Waals surface area (Å²) in [5.74, 6) is -0.388. The number of hydrogen-bond donors (Lipinski definition) is 0. The summed E-state index contributed by atoms with van der Waals surface area (Å²) >= 11 is 2.98. The Kier molecular flexibility index (Phi) is 3.52. The van der Waals surface area contributed by atoms with Gasteiger partial charge in [0.2, 0.25) is 5.91 Å². The monoisotopic (exact) mass is 294 g/mol. The van der Waals surface area contributed by atoms with Crippen LogP contribution in [-0.4, -0.2) is 22.7 Å². The second-order valence-corrected chi connectivity index (χ2v) is 6.48. The third-order valence-electron chi connectivity index (χ3n) is 2.95. The zero-order valence-electron chi connectivity index (χ0n) is 9.95. The lowest BCUT2D eigenvalue weighted by molar-refractivity contribution is -0.116. The van der Waals surface area contributed by atoms with Crippen LogP contribution in [0.25, 0.3) is 0 Å². The molecule has 6 heteroatoms. The van der Waals surface area contributed by atoms with E-state index in [1.165, 1.54) is 34.1 Å². The summed E-state index contributed by atoms with van der Waals surface area (Å²) in [7, 11) is 0. The Balaban J connectivity index is 1.77. The molecule has 1 aliphatic rings. The minimum absolute atomic E-state index is 0.0368. The van der Waals surface area contributed by atoms with Crippen LogP contribution in [0.15, 0.2) is 40.2 Å². The normalized spacial score (nSPS) is 19.1. The van der Waals surface area contributed by atoms with E-state index < -0.39 is 0 Å². The van der Waals surface area contributed by atoms with Crippen LogP contribution in [0, 0.1) is 5.82 Å². The molecule has 1 saturated heterocycles. The molecular weight excluding hydrogens is 283 g/mol. The zero-order chi connectivity index (χ0) is 13.2. The van der Waals surface area contributed by atoms with Crippen molar-refractivity contribution in [2.75, 3.05) is 11.4 Å². The summed E-state index contributed by atoms with van der Waals surface area (Å²) in [5.41, 5.74) is 0.370. The van der Waals surface area contributed by atoms with Crippen molar-refractivity contribution in [3.63, 3.8) is 0 Å². The molecule has 0 N–H and O–H groups in total. The van der Waals surface area contributed by atoms with Gasteiger partial charge in [-0.3, -0.25) is 4.79 Å². The van der Waals surface area contributed by atoms with Crippen molar-refractivity contribution < 1.29 is 9.18 Å². The van der Waals surface area contributed by atoms with Gasteiger partial charge < -0.3 is 4.90 Å². The highest BCUT2D eigenvalue weighted by Crippen LogP contribution is 2.34. The first kappa shape index (κ1) is 12.6. The van der Waals surface area contributed by atoms with Crippen LogP contribution < -0.4 is 4.90 Å². The van der Waals surface area contributed by atoms with E-state index in [4.69, 9.17) is 0 Å². The second kappa shape index (κ2) is 5.30. The summed E-state index contributed by atoms with van der Waals surface area (Å²) in [4.78, 5) is 18.0. The van der Waals surface area contributed by atoms with E-state index in [0.717, 1.165) is 10.8 Å². The van der Waals surface area contributed by atoms with E-state index in [0.29, 0.717) is 12.2 Å². The molecule has 19 heavy (non-hydrogen) atoms. The van der Waals surface area contributed by atoms with E-state index in [-0.39, 0.29) is 17.0 Å². The molecule has 2 heterocycles.